The van der Waals surface area contributed by atoms with Gasteiger partial charge in [0.25, 0.3) is 5.82 Å². The first-order chi connectivity index (χ1) is 16.3. The summed E-state index contributed by atoms with van der Waals surface area (Å²) < 4.78 is 1.85. The summed E-state index contributed by atoms with van der Waals surface area (Å²) in [6.07, 6.45) is 0. The van der Waals surface area contributed by atoms with Gasteiger partial charge in [0.2, 0.25) is 0 Å². The summed E-state index contributed by atoms with van der Waals surface area (Å²) in [5.74, 6) is 0.902. The van der Waals surface area contributed by atoms with E-state index in [1.165, 1.54) is 26.9 Å². The topological polar surface area (TPSA) is 36.1 Å². The van der Waals surface area contributed by atoms with Gasteiger partial charge in [-0.05, 0) is 55.2 Å². The Morgan fingerprint density at radius 2 is 1.12 bits per heavy atom. The van der Waals surface area contributed by atoms with E-state index in [4.69, 9.17) is 0 Å². The number of benzene rings is 6. The van der Waals surface area contributed by atoms with Crippen LogP contribution in [0.3, 0.4) is 0 Å². The van der Waals surface area contributed by atoms with Crippen molar-refractivity contribution in [2.75, 3.05) is 0 Å². The molecule has 1 aromatic heterocycles. The van der Waals surface area contributed by atoms with E-state index in [1.54, 1.807) is 0 Å². The first kappa shape index (κ1) is 17.1. The normalized spacial score (nSPS) is 12.9. The quantitative estimate of drug-likeness (QED) is 0.250. The highest BCUT2D eigenvalue weighted by molar-refractivity contribution is 6.36. The second kappa shape index (κ2) is 5.84. The van der Waals surface area contributed by atoms with Gasteiger partial charge >= 0.3 is 5.91 Å². The average Bonchev–Trinajstić information content (AvgIpc) is 3.38. The summed E-state index contributed by atoms with van der Waals surface area (Å²) in [5.41, 5.74) is 3.67. The molecule has 0 fully saturated rings. The molecule has 1 aliphatic heterocycles. The third-order valence-corrected chi connectivity index (χ3v) is 7.17. The molecule has 33 heavy (non-hydrogen) atoms. The third-order valence-electron chi connectivity index (χ3n) is 7.17. The number of nitrogens with zero attached hydrogens (tertiary/aromatic N) is 1. The lowest BCUT2D eigenvalue weighted by molar-refractivity contribution is -0.330. The molecule has 152 valence electrons. The molecule has 1 aliphatic rings. The molecular formula is C30H17N2O+. The lowest BCUT2D eigenvalue weighted by Gasteiger charge is -2.14. The van der Waals surface area contributed by atoms with E-state index < -0.39 is 0 Å². The SMILES string of the molecule is O=C1c2c(c3ccc4ccccc4c3c3c2ccc2ccccc23)-c2[nH+]c3ccccc3n21. The Balaban J connectivity index is 1.71. The smallest absolute Gasteiger partial charge is 0.240 e. The first-order valence-corrected chi connectivity index (χ1v) is 11.2. The number of hydrogen-bond donors (Lipinski definition) is 0. The molecule has 0 bridgehead atoms. The number of aromatic amines is 1. The highest BCUT2D eigenvalue weighted by Crippen LogP contribution is 2.46. The van der Waals surface area contributed by atoms with Gasteiger partial charge in [0.15, 0.2) is 11.0 Å². The van der Waals surface area contributed by atoms with Crippen LogP contribution in [-0.4, -0.2) is 10.5 Å². The zero-order valence-electron chi connectivity index (χ0n) is 17.6. The number of hydrogen-bond acceptors (Lipinski definition) is 1. The van der Waals surface area contributed by atoms with Crippen LogP contribution >= 0.6 is 0 Å². The largest absolute Gasteiger partial charge is 0.348 e. The van der Waals surface area contributed by atoms with Crippen LogP contribution in [0.5, 0.6) is 0 Å². The highest BCUT2D eigenvalue weighted by Gasteiger charge is 2.40. The second-order valence-corrected chi connectivity index (χ2v) is 8.80. The molecule has 3 heteroatoms. The Morgan fingerprint density at radius 1 is 0.545 bits per heavy atom. The van der Waals surface area contributed by atoms with Crippen molar-refractivity contribution in [3.05, 3.63) is 103 Å². The molecule has 0 radical (unpaired) electrons. The first-order valence-electron chi connectivity index (χ1n) is 11.2. The van der Waals surface area contributed by atoms with Crippen LogP contribution in [0.2, 0.25) is 0 Å². The van der Waals surface area contributed by atoms with E-state index in [1.807, 2.05) is 28.8 Å². The minimum Gasteiger partial charge on any atom is -0.240 e. The molecule has 0 saturated carbocycles. The molecule has 0 atom stereocenters. The Labute approximate surface area is 188 Å². The van der Waals surface area contributed by atoms with E-state index in [2.05, 4.69) is 77.8 Å². The van der Waals surface area contributed by atoms with Crippen LogP contribution in [0.4, 0.5) is 0 Å². The van der Waals surface area contributed by atoms with Crippen molar-refractivity contribution < 1.29 is 9.78 Å². The van der Waals surface area contributed by atoms with Crippen LogP contribution in [0.1, 0.15) is 10.4 Å². The predicted octanol–water partition coefficient (Wildman–Crippen LogP) is 6.74. The van der Waals surface area contributed by atoms with Gasteiger partial charge < -0.3 is 0 Å². The van der Waals surface area contributed by atoms with Crippen LogP contribution in [-0.2, 0) is 0 Å². The molecule has 0 spiro atoms. The number of aromatic nitrogens is 2. The van der Waals surface area contributed by atoms with Gasteiger partial charge in [0, 0.05) is 0 Å². The van der Waals surface area contributed by atoms with Gasteiger partial charge in [0.05, 0.1) is 11.1 Å². The van der Waals surface area contributed by atoms with Gasteiger partial charge in [-0.2, -0.15) is 4.57 Å². The predicted molar refractivity (Wildman–Crippen MR) is 134 cm³/mol. The molecular weight excluding hydrogens is 404 g/mol. The van der Waals surface area contributed by atoms with Crippen molar-refractivity contribution in [1.82, 2.24) is 4.57 Å². The molecule has 8 rings (SSSR count). The number of carbonyl (C=O) groups is 1. The number of rotatable bonds is 0. The van der Waals surface area contributed by atoms with E-state index in [-0.39, 0.29) is 5.91 Å². The Bertz CT molecular complexity index is 1990. The summed E-state index contributed by atoms with van der Waals surface area (Å²) in [6, 6.07) is 33.6. The summed E-state index contributed by atoms with van der Waals surface area (Å²) in [4.78, 5) is 17.5. The van der Waals surface area contributed by atoms with Crippen LogP contribution < -0.4 is 4.98 Å². The van der Waals surface area contributed by atoms with Crippen molar-refractivity contribution in [2.24, 2.45) is 0 Å². The summed E-state index contributed by atoms with van der Waals surface area (Å²) in [7, 11) is 0. The lowest BCUT2D eigenvalue weighted by Crippen LogP contribution is -2.07. The van der Waals surface area contributed by atoms with E-state index in [9.17, 15) is 4.79 Å². The molecule has 0 saturated heterocycles. The van der Waals surface area contributed by atoms with Crippen molar-refractivity contribution in [3.63, 3.8) is 0 Å². The number of imidazole rings is 1. The summed E-state index contributed by atoms with van der Waals surface area (Å²) in [6.45, 7) is 0. The van der Waals surface area contributed by atoms with Gasteiger partial charge in [-0.3, -0.25) is 0 Å². The van der Waals surface area contributed by atoms with E-state index >= 15 is 0 Å². The highest BCUT2D eigenvalue weighted by atomic mass is 16.2. The van der Waals surface area contributed by atoms with Gasteiger partial charge in [-0.15, -0.1) is 0 Å². The van der Waals surface area contributed by atoms with E-state index in [0.717, 1.165) is 44.1 Å². The second-order valence-electron chi connectivity index (χ2n) is 8.80. The standard InChI is InChI=1S/C30H16N2O/c33-30-28-22-16-14-18-8-2-4-10-20(18)26(22)25-19-9-3-1-7-17(19)13-15-21(25)27(28)29-31-23-11-5-6-12-24(23)32(29)30/h1-16H/p+1. The molecule has 0 unspecified atom stereocenters. The molecule has 2 heterocycles. The lowest BCUT2D eigenvalue weighted by atomic mass is 9.87. The Hall–Kier alpha value is -4.50. The fourth-order valence-corrected chi connectivity index (χ4v) is 5.81. The van der Waals surface area contributed by atoms with Crippen molar-refractivity contribution in [1.29, 1.82) is 0 Å². The number of fused-ring (bicyclic) bond motifs is 14. The molecule has 6 aromatic carbocycles. The minimum atomic E-state index is 0.0350. The molecule has 0 amide bonds. The zero-order chi connectivity index (χ0) is 21.7. The Kier molecular flexibility index (Phi) is 3.03. The molecule has 3 nitrogen and oxygen atoms in total. The van der Waals surface area contributed by atoms with Crippen molar-refractivity contribution in [3.8, 4) is 11.4 Å². The minimum absolute atomic E-state index is 0.0350. The number of H-pyrrole nitrogens is 1. The van der Waals surface area contributed by atoms with Gasteiger partial charge in [-0.25, -0.2) is 9.78 Å². The van der Waals surface area contributed by atoms with Crippen LogP contribution in [0.15, 0.2) is 97.1 Å². The number of carbonyl (C=O) groups excluding carboxylic acids is 1. The molecule has 1 N–H and O–H groups in total. The maximum absolute atomic E-state index is 14.0. The van der Waals surface area contributed by atoms with Crippen molar-refractivity contribution >= 4 is 60.0 Å². The molecule has 0 aliphatic carbocycles. The van der Waals surface area contributed by atoms with Gasteiger partial charge in [0.1, 0.15) is 0 Å². The average molecular weight is 421 g/mol. The van der Waals surface area contributed by atoms with E-state index in [0.29, 0.717) is 0 Å². The van der Waals surface area contributed by atoms with Crippen LogP contribution in [0.25, 0.3) is 65.5 Å². The number of para-hydroxylation sites is 2. The summed E-state index contributed by atoms with van der Waals surface area (Å²) in [5, 5.41) is 9.26. The van der Waals surface area contributed by atoms with Gasteiger partial charge in [-0.1, -0.05) is 84.9 Å². The Morgan fingerprint density at radius 3 is 1.82 bits per heavy atom. The monoisotopic (exact) mass is 421 g/mol. The fourth-order valence-electron chi connectivity index (χ4n) is 5.81. The molecule has 7 aromatic rings. The zero-order valence-corrected chi connectivity index (χ0v) is 17.6. The summed E-state index contributed by atoms with van der Waals surface area (Å²) >= 11 is 0. The maximum Gasteiger partial charge on any atom is 0.348 e. The fraction of sp³-hybridized carbons (Fsp3) is 0. The van der Waals surface area contributed by atoms with Crippen LogP contribution in [0, 0.1) is 0 Å². The maximum atomic E-state index is 14.0. The third kappa shape index (κ3) is 2.00. The van der Waals surface area contributed by atoms with Crippen molar-refractivity contribution in [2.45, 2.75) is 0 Å². The number of nitrogens with one attached hydrogen (secondary N) is 1.